The van der Waals surface area contributed by atoms with Gasteiger partial charge in [0.2, 0.25) is 0 Å². The number of carbonyl (C=O) groups is 1. The van der Waals surface area contributed by atoms with Gasteiger partial charge in [-0.2, -0.15) is 0 Å². The highest BCUT2D eigenvalue weighted by atomic mass is 19.1. The summed E-state index contributed by atoms with van der Waals surface area (Å²) in [7, 11) is 0. The number of benzene rings is 1. The van der Waals surface area contributed by atoms with Gasteiger partial charge in [0.1, 0.15) is 5.82 Å². The number of anilines is 1. The van der Waals surface area contributed by atoms with Crippen LogP contribution < -0.4 is 5.32 Å². The monoisotopic (exact) mass is 341 g/mol. The second kappa shape index (κ2) is 8.10. The summed E-state index contributed by atoms with van der Waals surface area (Å²) in [4.78, 5) is 19.0. The normalized spacial score (nSPS) is 15.0. The fraction of sp³-hybridized carbons (Fsp3) is 0.400. The lowest BCUT2D eigenvalue weighted by molar-refractivity contribution is 0.162. The van der Waals surface area contributed by atoms with Crippen LogP contribution in [0.4, 0.5) is 14.9 Å². The highest BCUT2D eigenvalue weighted by Gasteiger charge is 2.26. The van der Waals surface area contributed by atoms with Crippen molar-refractivity contribution in [3.8, 4) is 0 Å². The summed E-state index contributed by atoms with van der Waals surface area (Å²) in [6.45, 7) is 2.33. The van der Waals surface area contributed by atoms with Gasteiger partial charge in [0.25, 0.3) is 0 Å². The average Bonchev–Trinajstić information content (AvgIpc) is 2.63. The Morgan fingerprint density at radius 1 is 1.28 bits per heavy atom. The van der Waals surface area contributed by atoms with Crippen molar-refractivity contribution in [3.05, 3.63) is 59.7 Å². The number of hydrogen-bond acceptors (Lipinski definition) is 2. The zero-order valence-electron chi connectivity index (χ0n) is 14.5. The first-order valence-corrected chi connectivity index (χ1v) is 8.86. The van der Waals surface area contributed by atoms with Crippen molar-refractivity contribution in [2.24, 2.45) is 0 Å². The van der Waals surface area contributed by atoms with Gasteiger partial charge in [0, 0.05) is 30.7 Å². The largest absolute Gasteiger partial charge is 0.322 e. The van der Waals surface area contributed by atoms with E-state index in [1.165, 1.54) is 18.6 Å². The lowest BCUT2D eigenvalue weighted by Crippen LogP contribution is -2.43. The van der Waals surface area contributed by atoms with Crippen molar-refractivity contribution in [3.63, 3.8) is 0 Å². The highest BCUT2D eigenvalue weighted by molar-refractivity contribution is 5.90. The molecule has 1 N–H and O–H groups in total. The van der Waals surface area contributed by atoms with Gasteiger partial charge in [-0.15, -0.1) is 0 Å². The minimum absolute atomic E-state index is 0.134. The summed E-state index contributed by atoms with van der Waals surface area (Å²) in [6, 6.07) is 8.39. The minimum Gasteiger partial charge on any atom is -0.317 e. The number of nitrogens with one attached hydrogen (secondary N) is 1. The molecule has 1 aromatic heterocycles. The summed E-state index contributed by atoms with van der Waals surface area (Å²) in [5.41, 5.74) is 2.38. The zero-order chi connectivity index (χ0) is 17.6. The van der Waals surface area contributed by atoms with Crippen LogP contribution in [0.2, 0.25) is 0 Å². The van der Waals surface area contributed by atoms with E-state index in [-0.39, 0.29) is 17.9 Å². The Morgan fingerprint density at radius 3 is 2.76 bits per heavy atom. The van der Waals surface area contributed by atoms with Crippen molar-refractivity contribution < 1.29 is 9.18 Å². The van der Waals surface area contributed by atoms with E-state index in [4.69, 9.17) is 0 Å². The van der Waals surface area contributed by atoms with Crippen LogP contribution in [0.3, 0.4) is 0 Å². The number of halogens is 1. The Bertz CT molecular complexity index is 714. The first-order chi connectivity index (χ1) is 12.1. The van der Waals surface area contributed by atoms with E-state index >= 15 is 0 Å². The van der Waals surface area contributed by atoms with E-state index < -0.39 is 0 Å². The molecule has 2 aromatic rings. The number of carbonyl (C=O) groups excluding carboxylic acids is 1. The molecule has 1 heterocycles. The van der Waals surface area contributed by atoms with E-state index in [9.17, 15) is 9.18 Å². The Labute approximate surface area is 148 Å². The number of pyridine rings is 1. The fourth-order valence-corrected chi connectivity index (χ4v) is 3.40. The van der Waals surface area contributed by atoms with Gasteiger partial charge in [-0.05, 0) is 55.2 Å². The van der Waals surface area contributed by atoms with Crippen LogP contribution in [0.25, 0.3) is 0 Å². The molecule has 0 aliphatic heterocycles. The van der Waals surface area contributed by atoms with Crippen LogP contribution in [0.15, 0.2) is 42.7 Å². The molecular formula is C20H24FN3O. The molecule has 25 heavy (non-hydrogen) atoms. The molecule has 5 heteroatoms. The highest BCUT2D eigenvalue weighted by Crippen LogP contribution is 2.25. The molecule has 1 aliphatic rings. The van der Waals surface area contributed by atoms with Crippen LogP contribution in [-0.4, -0.2) is 22.0 Å². The second-order valence-corrected chi connectivity index (χ2v) is 6.67. The molecule has 0 unspecified atom stereocenters. The van der Waals surface area contributed by atoms with Gasteiger partial charge in [0.15, 0.2) is 0 Å². The van der Waals surface area contributed by atoms with Gasteiger partial charge in [-0.3, -0.25) is 4.98 Å². The molecule has 1 saturated carbocycles. The minimum atomic E-state index is -0.296. The van der Waals surface area contributed by atoms with Gasteiger partial charge >= 0.3 is 6.03 Å². The van der Waals surface area contributed by atoms with E-state index in [0.717, 1.165) is 36.8 Å². The van der Waals surface area contributed by atoms with Gasteiger partial charge in [0.05, 0.1) is 0 Å². The predicted octanol–water partition coefficient (Wildman–Crippen LogP) is 4.90. The molecule has 0 spiro atoms. The van der Waals surface area contributed by atoms with E-state index in [0.29, 0.717) is 12.2 Å². The molecule has 2 amide bonds. The zero-order valence-corrected chi connectivity index (χ0v) is 14.5. The number of rotatable bonds is 4. The van der Waals surface area contributed by atoms with Crippen molar-refractivity contribution in [1.29, 1.82) is 0 Å². The molecule has 4 nitrogen and oxygen atoms in total. The Balaban J connectivity index is 1.78. The maximum atomic E-state index is 13.3. The van der Waals surface area contributed by atoms with Crippen molar-refractivity contribution in [2.45, 2.75) is 51.6 Å². The Kier molecular flexibility index (Phi) is 5.64. The SMILES string of the molecule is Cc1cc(F)ccc1NC(=O)N(Cc1cccnc1)C1CCCCC1. The first-order valence-electron chi connectivity index (χ1n) is 8.86. The molecule has 0 radical (unpaired) electrons. The van der Waals surface area contributed by atoms with E-state index in [1.54, 1.807) is 25.4 Å². The summed E-state index contributed by atoms with van der Waals surface area (Å²) >= 11 is 0. The molecule has 1 aromatic carbocycles. The van der Waals surface area contributed by atoms with Gasteiger partial charge in [-0.25, -0.2) is 9.18 Å². The quantitative estimate of drug-likeness (QED) is 0.860. The maximum absolute atomic E-state index is 13.3. The average molecular weight is 341 g/mol. The number of nitrogens with zero attached hydrogens (tertiary/aromatic N) is 2. The first kappa shape index (κ1) is 17.4. The Morgan fingerprint density at radius 2 is 2.08 bits per heavy atom. The molecule has 132 valence electrons. The number of amides is 2. The molecular weight excluding hydrogens is 317 g/mol. The smallest absolute Gasteiger partial charge is 0.317 e. The third-order valence-corrected chi connectivity index (χ3v) is 4.78. The van der Waals surface area contributed by atoms with Crippen LogP contribution in [0.5, 0.6) is 0 Å². The van der Waals surface area contributed by atoms with Gasteiger partial charge in [-0.1, -0.05) is 25.3 Å². The van der Waals surface area contributed by atoms with Crippen molar-refractivity contribution >= 4 is 11.7 Å². The standard InChI is InChI=1S/C20H24FN3O/c1-15-12-17(21)9-10-19(15)23-20(25)24(18-7-3-2-4-8-18)14-16-6-5-11-22-13-16/h5-6,9-13,18H,2-4,7-8,14H2,1H3,(H,23,25). The summed E-state index contributed by atoms with van der Waals surface area (Å²) in [5.74, 6) is -0.296. The molecule has 0 bridgehead atoms. The predicted molar refractivity (Wildman–Crippen MR) is 96.8 cm³/mol. The maximum Gasteiger partial charge on any atom is 0.322 e. The number of hydrogen-bond donors (Lipinski definition) is 1. The van der Waals surface area contributed by atoms with Crippen LogP contribution in [0, 0.1) is 12.7 Å². The van der Waals surface area contributed by atoms with E-state index in [2.05, 4.69) is 10.3 Å². The number of urea groups is 1. The fourth-order valence-electron chi connectivity index (χ4n) is 3.40. The summed E-state index contributed by atoms with van der Waals surface area (Å²) in [5, 5.41) is 2.95. The van der Waals surface area contributed by atoms with Crippen LogP contribution >= 0.6 is 0 Å². The van der Waals surface area contributed by atoms with Crippen molar-refractivity contribution in [2.75, 3.05) is 5.32 Å². The third-order valence-electron chi connectivity index (χ3n) is 4.78. The van der Waals surface area contributed by atoms with Crippen LogP contribution in [-0.2, 0) is 6.54 Å². The Hall–Kier alpha value is -2.43. The molecule has 0 saturated heterocycles. The summed E-state index contributed by atoms with van der Waals surface area (Å²) in [6.07, 6.45) is 9.11. The van der Waals surface area contributed by atoms with Crippen LogP contribution in [0.1, 0.15) is 43.2 Å². The van der Waals surface area contributed by atoms with Gasteiger partial charge < -0.3 is 10.2 Å². The lowest BCUT2D eigenvalue weighted by Gasteiger charge is -2.34. The van der Waals surface area contributed by atoms with Crippen molar-refractivity contribution in [1.82, 2.24) is 9.88 Å². The molecule has 0 atom stereocenters. The third kappa shape index (κ3) is 4.56. The second-order valence-electron chi connectivity index (χ2n) is 6.67. The topological polar surface area (TPSA) is 45.2 Å². The molecule has 1 aliphatic carbocycles. The number of aromatic nitrogens is 1. The van der Waals surface area contributed by atoms with E-state index in [1.807, 2.05) is 17.0 Å². The lowest BCUT2D eigenvalue weighted by atomic mass is 9.94. The summed E-state index contributed by atoms with van der Waals surface area (Å²) < 4.78 is 13.3. The number of aryl methyl sites for hydroxylation is 1. The molecule has 3 rings (SSSR count). The molecule has 1 fully saturated rings.